The van der Waals surface area contributed by atoms with Gasteiger partial charge in [0.15, 0.2) is 30.0 Å². The predicted molar refractivity (Wildman–Crippen MR) is 185 cm³/mol. The summed E-state index contributed by atoms with van der Waals surface area (Å²) in [6, 6.07) is 2.89. The van der Waals surface area contributed by atoms with Crippen molar-refractivity contribution in [3.63, 3.8) is 0 Å². The standard InChI is InChI=1S/C38H47NO18/c1-16-17(2)33(46)56-30-28(52-20(5)42)32(55-23(8)45)37(15-49-18(3)40)31(54-22(7)44)27(51-19(4)41)25-29(53-21(6)43)38(37,36(30,10)48)57-35(25,9)14-50-34(47)24-12-11-13-39-26(16)24/h11-13,16-17,25,27-32,48H,14-15H2,1-10H3/t16-,17+,25-,27-,28+,29-,30+,31-,32+,35+,36+,37-,38+/m1/s1. The maximum atomic E-state index is 14.3. The third kappa shape index (κ3) is 6.97. The number of hydrogen-bond donors (Lipinski definition) is 1. The van der Waals surface area contributed by atoms with Gasteiger partial charge in [0.2, 0.25) is 0 Å². The summed E-state index contributed by atoms with van der Waals surface area (Å²) in [5, 5.41) is 13.4. The summed E-state index contributed by atoms with van der Waals surface area (Å²) in [5.41, 5.74) is -10.1. The zero-order chi connectivity index (χ0) is 42.6. The summed E-state index contributed by atoms with van der Waals surface area (Å²) in [5.74, 6) is -11.6. The predicted octanol–water partition coefficient (Wildman–Crippen LogP) is 1.03. The van der Waals surface area contributed by atoms with Crippen molar-refractivity contribution in [1.29, 1.82) is 0 Å². The van der Waals surface area contributed by atoms with Crippen molar-refractivity contribution < 1.29 is 86.1 Å². The minimum absolute atomic E-state index is 0.0422. The fourth-order valence-corrected chi connectivity index (χ4v) is 9.25. The van der Waals surface area contributed by atoms with E-state index in [0.29, 0.717) is 0 Å². The molecule has 0 unspecified atom stereocenters. The molecule has 4 bridgehead atoms. The Kier molecular flexibility index (Phi) is 11.5. The normalized spacial score (nSPS) is 38.2. The van der Waals surface area contributed by atoms with E-state index in [1.165, 1.54) is 32.2 Å². The molecule has 0 amide bonds. The van der Waals surface area contributed by atoms with Crippen molar-refractivity contribution in [2.24, 2.45) is 17.3 Å². The molecule has 2 aliphatic heterocycles. The highest BCUT2D eigenvalue weighted by Crippen LogP contribution is 2.70. The Labute approximate surface area is 327 Å². The lowest BCUT2D eigenvalue weighted by Gasteiger charge is -2.67. The fraction of sp³-hybridized carbons (Fsp3) is 0.658. The van der Waals surface area contributed by atoms with E-state index in [0.717, 1.165) is 48.5 Å². The Balaban J connectivity index is 2.01. The molecule has 1 aromatic rings. The van der Waals surface area contributed by atoms with Crippen LogP contribution in [0.1, 0.15) is 91.2 Å². The number of pyridine rings is 1. The third-order valence-corrected chi connectivity index (χ3v) is 11.4. The van der Waals surface area contributed by atoms with Crippen molar-refractivity contribution in [2.75, 3.05) is 13.2 Å². The second-order valence-corrected chi connectivity index (χ2v) is 15.3. The summed E-state index contributed by atoms with van der Waals surface area (Å²) in [7, 11) is 0. The second-order valence-electron chi connectivity index (χ2n) is 15.3. The molecule has 0 radical (unpaired) electrons. The summed E-state index contributed by atoms with van der Waals surface area (Å²) < 4.78 is 54.3. The minimum atomic E-state index is -2.82. The van der Waals surface area contributed by atoms with E-state index in [1.807, 2.05) is 0 Å². The number of nitrogens with zero attached hydrogens (tertiary/aromatic N) is 1. The van der Waals surface area contributed by atoms with E-state index < -0.39 is 138 Å². The van der Waals surface area contributed by atoms with Crippen LogP contribution in [-0.4, -0.2) is 124 Å². The Morgan fingerprint density at radius 1 is 0.772 bits per heavy atom. The van der Waals surface area contributed by atoms with Gasteiger partial charge >= 0.3 is 47.8 Å². The summed E-state index contributed by atoms with van der Waals surface area (Å²) in [6.45, 7) is 9.67. The van der Waals surface area contributed by atoms with Crippen LogP contribution in [0.15, 0.2) is 18.3 Å². The van der Waals surface area contributed by atoms with Gasteiger partial charge in [0.1, 0.15) is 42.0 Å². The van der Waals surface area contributed by atoms with Crippen molar-refractivity contribution in [3.8, 4) is 0 Å². The smallest absolute Gasteiger partial charge is 0.340 e. The number of hydrogen-bond acceptors (Lipinski definition) is 19. The van der Waals surface area contributed by atoms with Gasteiger partial charge in [-0.15, -0.1) is 0 Å². The van der Waals surface area contributed by atoms with Gasteiger partial charge in [0, 0.05) is 53.7 Å². The molecular formula is C38H47NO18. The zero-order valence-electron chi connectivity index (χ0n) is 33.2. The molecule has 2 saturated carbocycles. The molecule has 13 atom stereocenters. The Morgan fingerprint density at radius 2 is 1.30 bits per heavy atom. The topological polar surface area (TPSA) is 253 Å². The van der Waals surface area contributed by atoms with Gasteiger partial charge in [-0.25, -0.2) is 4.79 Å². The first-order valence-corrected chi connectivity index (χ1v) is 18.2. The molecule has 19 heteroatoms. The Hall–Kier alpha value is -5.17. The van der Waals surface area contributed by atoms with E-state index >= 15 is 0 Å². The van der Waals surface area contributed by atoms with E-state index in [1.54, 1.807) is 6.92 Å². The number of aliphatic hydroxyl groups is 1. The van der Waals surface area contributed by atoms with Crippen LogP contribution in [0.25, 0.3) is 0 Å². The quantitative estimate of drug-likeness (QED) is 0.298. The van der Waals surface area contributed by atoms with Crippen LogP contribution >= 0.6 is 0 Å². The number of aromatic nitrogens is 1. The zero-order valence-corrected chi connectivity index (χ0v) is 33.2. The van der Waals surface area contributed by atoms with Crippen molar-refractivity contribution in [2.45, 2.75) is 129 Å². The van der Waals surface area contributed by atoms with Crippen molar-refractivity contribution in [1.82, 2.24) is 4.98 Å². The van der Waals surface area contributed by atoms with Crippen LogP contribution in [0.5, 0.6) is 0 Å². The number of carbonyl (C=O) groups excluding carboxylic acids is 8. The molecule has 57 heavy (non-hydrogen) atoms. The van der Waals surface area contributed by atoms with Gasteiger partial charge in [0.05, 0.1) is 23.1 Å². The highest BCUT2D eigenvalue weighted by molar-refractivity contribution is 5.91. The van der Waals surface area contributed by atoms with Crippen LogP contribution in [-0.2, 0) is 76.2 Å². The van der Waals surface area contributed by atoms with Crippen LogP contribution in [0.3, 0.4) is 0 Å². The molecule has 1 saturated heterocycles. The lowest BCUT2D eigenvalue weighted by atomic mass is 9.45. The first-order chi connectivity index (χ1) is 26.5. The molecule has 3 fully saturated rings. The molecule has 312 valence electrons. The highest BCUT2D eigenvalue weighted by atomic mass is 16.7. The molecule has 3 heterocycles. The fourth-order valence-electron chi connectivity index (χ4n) is 9.25. The number of fused-ring (bicyclic) bond motifs is 5. The van der Waals surface area contributed by atoms with Crippen LogP contribution in [0, 0.1) is 17.3 Å². The van der Waals surface area contributed by atoms with Gasteiger partial charge in [0.25, 0.3) is 0 Å². The number of carbonyl (C=O) groups is 8. The molecule has 1 N–H and O–H groups in total. The number of rotatable bonds is 7. The van der Waals surface area contributed by atoms with E-state index in [4.69, 9.17) is 42.6 Å². The Bertz CT molecular complexity index is 1860. The first-order valence-electron chi connectivity index (χ1n) is 18.2. The molecule has 4 aliphatic rings. The summed E-state index contributed by atoms with van der Waals surface area (Å²) >= 11 is 0. The SMILES string of the molecule is CC(=O)OC[C@]12[C@H](OC(C)=O)[C@H](OC(C)=O)[C@@H]3[C@@H](OC(C)=O)[C@@]14O[C@@]3(C)COC(=O)c1cccnc1[C@H](C)[C@H](C)C(=O)O[C@@H]([C@H](OC(C)=O)[C@@H]2OC(C)=O)[C@]4(C)O. The van der Waals surface area contributed by atoms with Gasteiger partial charge in [-0.2, -0.15) is 0 Å². The lowest BCUT2D eigenvalue weighted by Crippen LogP contribution is -2.89. The van der Waals surface area contributed by atoms with Gasteiger partial charge in [-0.05, 0) is 26.0 Å². The van der Waals surface area contributed by atoms with Gasteiger partial charge < -0.3 is 47.7 Å². The molecule has 5 rings (SSSR count). The maximum absolute atomic E-state index is 14.3. The van der Waals surface area contributed by atoms with Gasteiger partial charge in [-0.1, -0.05) is 13.8 Å². The van der Waals surface area contributed by atoms with Crippen LogP contribution in [0.2, 0.25) is 0 Å². The molecular weight excluding hydrogens is 758 g/mol. The summed E-state index contributed by atoms with van der Waals surface area (Å²) in [4.78, 5) is 111. The largest absolute Gasteiger partial charge is 0.465 e. The molecule has 19 nitrogen and oxygen atoms in total. The number of esters is 8. The average Bonchev–Trinajstić information content (AvgIpc) is 3.32. The van der Waals surface area contributed by atoms with Crippen LogP contribution < -0.4 is 0 Å². The van der Waals surface area contributed by atoms with E-state index in [2.05, 4.69) is 4.98 Å². The molecule has 2 aliphatic carbocycles. The lowest BCUT2D eigenvalue weighted by molar-refractivity contribution is -0.387. The summed E-state index contributed by atoms with van der Waals surface area (Å²) in [6.07, 6.45) is -10.5. The highest BCUT2D eigenvalue weighted by Gasteiger charge is 2.92. The first kappa shape index (κ1) is 43.0. The Morgan fingerprint density at radius 3 is 1.84 bits per heavy atom. The van der Waals surface area contributed by atoms with E-state index in [-0.39, 0.29) is 11.3 Å². The molecule has 1 aromatic heterocycles. The van der Waals surface area contributed by atoms with Crippen molar-refractivity contribution >= 4 is 47.8 Å². The van der Waals surface area contributed by atoms with E-state index in [9.17, 15) is 43.5 Å². The van der Waals surface area contributed by atoms with Crippen molar-refractivity contribution in [3.05, 3.63) is 29.6 Å². The monoisotopic (exact) mass is 805 g/mol. The molecule has 0 aromatic carbocycles. The molecule has 1 spiro atoms. The minimum Gasteiger partial charge on any atom is -0.465 e. The van der Waals surface area contributed by atoms with Gasteiger partial charge in [-0.3, -0.25) is 38.5 Å². The number of ether oxygens (including phenoxy) is 9. The average molecular weight is 806 g/mol. The third-order valence-electron chi connectivity index (χ3n) is 11.4. The second kappa shape index (κ2) is 15.3. The maximum Gasteiger partial charge on any atom is 0.340 e. The number of cyclic esters (lactones) is 1. The van der Waals surface area contributed by atoms with Crippen LogP contribution in [0.4, 0.5) is 0 Å².